The number of fused-ring (bicyclic) bond motifs is 2. The molecule has 7 aromatic carbocycles. The highest BCUT2D eigenvalue weighted by molar-refractivity contribution is 6.45. The number of imide groups is 2. The highest BCUT2D eigenvalue weighted by Gasteiger charge is 2.39. The minimum absolute atomic E-state index is 0.0842. The zero-order valence-corrected chi connectivity index (χ0v) is 31.5. The highest BCUT2D eigenvalue weighted by Crippen LogP contribution is 2.48. The van der Waals surface area contributed by atoms with Gasteiger partial charge < -0.3 is 9.47 Å². The van der Waals surface area contributed by atoms with E-state index in [1.807, 2.05) is 24.3 Å². The van der Waals surface area contributed by atoms with E-state index in [4.69, 9.17) is 9.47 Å². The van der Waals surface area contributed by atoms with Crippen LogP contribution in [0.25, 0.3) is 43.1 Å². The molecule has 10 nitrogen and oxygen atoms in total. The van der Waals surface area contributed by atoms with E-state index in [-0.39, 0.29) is 24.8 Å². The summed E-state index contributed by atoms with van der Waals surface area (Å²) in [5.74, 6) is -1.11. The summed E-state index contributed by atoms with van der Waals surface area (Å²) in [5, 5.41) is 5.80. The predicted octanol–water partition coefficient (Wildman–Crippen LogP) is 8.51. The van der Waals surface area contributed by atoms with Crippen LogP contribution < -0.4 is 19.3 Å². The number of rotatable bonds is 8. The molecule has 0 spiro atoms. The van der Waals surface area contributed by atoms with Crippen molar-refractivity contribution in [1.29, 1.82) is 0 Å². The Morgan fingerprint density at radius 3 is 0.964 bits per heavy atom. The first-order valence-electron chi connectivity index (χ1n) is 18.2. The molecule has 0 N–H and O–H groups in total. The number of benzene rings is 7. The average molecular weight is 743 g/mol. The molecule has 0 bridgehead atoms. The Labute approximate surface area is 320 Å². The minimum atomic E-state index is -0.453. The van der Waals surface area contributed by atoms with Gasteiger partial charge >= 0.3 is 0 Å². The second-order valence-corrected chi connectivity index (χ2v) is 14.8. The molecule has 0 saturated heterocycles. The van der Waals surface area contributed by atoms with Gasteiger partial charge in [-0.2, -0.15) is 0 Å². The van der Waals surface area contributed by atoms with Crippen LogP contribution in [0.4, 0.5) is 11.4 Å². The highest BCUT2D eigenvalue weighted by atomic mass is 16.5. The molecule has 7 aromatic rings. The Morgan fingerprint density at radius 2 is 0.714 bits per heavy atom. The van der Waals surface area contributed by atoms with Gasteiger partial charge in [0, 0.05) is 33.0 Å². The van der Waals surface area contributed by atoms with E-state index in [0.29, 0.717) is 78.2 Å². The molecule has 0 aliphatic carbocycles. The second-order valence-electron chi connectivity index (χ2n) is 14.8. The molecule has 2 aliphatic heterocycles. The molecule has 0 atom stereocenters. The van der Waals surface area contributed by atoms with Crippen molar-refractivity contribution in [3.05, 3.63) is 117 Å². The van der Waals surface area contributed by atoms with Crippen molar-refractivity contribution in [2.24, 2.45) is 0 Å². The summed E-state index contributed by atoms with van der Waals surface area (Å²) in [7, 11) is 0. The summed E-state index contributed by atoms with van der Waals surface area (Å²) in [4.78, 5) is 83.1. The maximum Gasteiger partial charge on any atom is 0.266 e. The molecular formula is C46H34N2O8. The van der Waals surface area contributed by atoms with E-state index in [2.05, 4.69) is 0 Å². The van der Waals surface area contributed by atoms with Crippen LogP contribution in [-0.4, -0.2) is 48.4 Å². The summed E-state index contributed by atoms with van der Waals surface area (Å²) in [6, 6.07) is 21.4. The Kier molecular flexibility index (Phi) is 7.64. The standard InChI is InChI=1S/C46H34N2O8/c1-21-15-27(55-19-25(5)49)16-22(2)41(21)47-43(51)33-11-7-29-31-9-13-35-40-36(14-10-32(38(31)40)30-8-12-34(44(47)52)39(33)37(29)30)46(54)48(45(35)53)42-23(3)17-28(18-24(42)4)56-20-26(6)50/h7-18H,19-20H2,1-6H3. The van der Waals surface area contributed by atoms with E-state index in [1.165, 1.54) is 23.6 Å². The van der Waals surface area contributed by atoms with Crippen molar-refractivity contribution in [2.45, 2.75) is 41.5 Å². The summed E-state index contributed by atoms with van der Waals surface area (Å²) < 4.78 is 11.2. The summed E-state index contributed by atoms with van der Waals surface area (Å²) >= 11 is 0. The molecule has 10 heteroatoms. The van der Waals surface area contributed by atoms with Crippen molar-refractivity contribution in [2.75, 3.05) is 23.0 Å². The predicted molar refractivity (Wildman–Crippen MR) is 214 cm³/mol. The fraction of sp³-hybridized carbons (Fsp3) is 0.174. The number of hydrogen-bond acceptors (Lipinski definition) is 8. The number of carbonyl (C=O) groups is 6. The largest absolute Gasteiger partial charge is 0.486 e. The first-order valence-corrected chi connectivity index (χ1v) is 18.2. The van der Waals surface area contributed by atoms with Crippen LogP contribution in [0.2, 0.25) is 0 Å². The first-order chi connectivity index (χ1) is 26.8. The SMILES string of the molecule is CC(=O)COc1cc(C)c(N2C(=O)c3ccc4c5ccc6c7c(ccc(c8ccc(c3c48)C2=O)c75)C(=O)N(c2c(C)cc(OCC(C)=O)cc2C)C6=O)c(C)c1. The van der Waals surface area contributed by atoms with Crippen molar-refractivity contribution in [1.82, 2.24) is 0 Å². The molecule has 0 aromatic heterocycles. The third-order valence-electron chi connectivity index (χ3n) is 10.9. The average Bonchev–Trinajstić information content (AvgIpc) is 3.15. The minimum Gasteiger partial charge on any atom is -0.486 e. The van der Waals surface area contributed by atoms with Gasteiger partial charge in [-0.25, -0.2) is 9.80 Å². The van der Waals surface area contributed by atoms with Crippen molar-refractivity contribution >= 4 is 89.7 Å². The maximum atomic E-state index is 14.4. The van der Waals surface area contributed by atoms with Gasteiger partial charge in [0.05, 0.1) is 11.4 Å². The Morgan fingerprint density at radius 1 is 0.446 bits per heavy atom. The van der Waals surface area contributed by atoms with Gasteiger partial charge in [-0.05, 0) is 145 Å². The monoisotopic (exact) mass is 742 g/mol. The molecule has 276 valence electrons. The molecule has 56 heavy (non-hydrogen) atoms. The molecule has 0 fully saturated rings. The fourth-order valence-corrected chi connectivity index (χ4v) is 8.75. The number of ether oxygens (including phenoxy) is 2. The lowest BCUT2D eigenvalue weighted by atomic mass is 9.82. The van der Waals surface area contributed by atoms with E-state index in [9.17, 15) is 28.8 Å². The third kappa shape index (κ3) is 4.88. The quantitative estimate of drug-likeness (QED) is 0.0862. The van der Waals surface area contributed by atoms with E-state index >= 15 is 0 Å². The van der Waals surface area contributed by atoms with Gasteiger partial charge in [0.2, 0.25) is 0 Å². The molecule has 4 amide bonds. The second kappa shape index (κ2) is 12.3. The summed E-state index contributed by atoms with van der Waals surface area (Å²) in [6.07, 6.45) is 0. The summed E-state index contributed by atoms with van der Waals surface area (Å²) in [6.45, 7) is 9.91. The van der Waals surface area contributed by atoms with Crippen LogP contribution in [-0.2, 0) is 9.59 Å². The lowest BCUT2D eigenvalue weighted by Gasteiger charge is -2.32. The van der Waals surface area contributed by atoms with Crippen LogP contribution >= 0.6 is 0 Å². The molecule has 9 rings (SSSR count). The van der Waals surface area contributed by atoms with Crippen LogP contribution in [0.15, 0.2) is 72.8 Å². The number of ketones is 2. The number of nitrogens with zero attached hydrogens (tertiary/aromatic N) is 2. The Hall–Kier alpha value is -6.94. The van der Waals surface area contributed by atoms with Crippen LogP contribution in [0, 0.1) is 27.7 Å². The third-order valence-corrected chi connectivity index (χ3v) is 10.9. The number of amides is 4. The zero-order chi connectivity index (χ0) is 39.5. The van der Waals surface area contributed by atoms with E-state index in [0.717, 1.165) is 32.3 Å². The zero-order valence-electron chi connectivity index (χ0n) is 31.5. The van der Waals surface area contributed by atoms with Crippen molar-refractivity contribution in [3.63, 3.8) is 0 Å². The summed E-state index contributed by atoms with van der Waals surface area (Å²) in [5.41, 5.74) is 5.06. The number of anilines is 2. The van der Waals surface area contributed by atoms with Gasteiger partial charge in [0.1, 0.15) is 24.7 Å². The fourth-order valence-electron chi connectivity index (χ4n) is 8.75. The normalized spacial score (nSPS) is 13.9. The number of carbonyl (C=O) groups excluding carboxylic acids is 6. The molecule has 0 unspecified atom stereocenters. The number of Topliss-reactive ketones (excluding diaryl/α,β-unsaturated/α-hetero) is 2. The van der Waals surface area contributed by atoms with Gasteiger partial charge in [-0.3, -0.25) is 28.8 Å². The molecule has 2 aliphatic rings. The van der Waals surface area contributed by atoms with Crippen LogP contribution in [0.5, 0.6) is 11.5 Å². The van der Waals surface area contributed by atoms with Gasteiger partial charge in [0.25, 0.3) is 23.6 Å². The van der Waals surface area contributed by atoms with E-state index < -0.39 is 23.6 Å². The lowest BCUT2D eigenvalue weighted by Crippen LogP contribution is -2.41. The lowest BCUT2D eigenvalue weighted by molar-refractivity contribution is -0.119. The smallest absolute Gasteiger partial charge is 0.266 e. The topological polar surface area (TPSA) is 127 Å². The van der Waals surface area contributed by atoms with Gasteiger partial charge in [-0.1, -0.05) is 24.3 Å². The van der Waals surface area contributed by atoms with Crippen molar-refractivity contribution in [3.8, 4) is 11.5 Å². The maximum absolute atomic E-state index is 14.4. The Balaban J connectivity index is 1.18. The number of hydrogen-bond donors (Lipinski definition) is 0. The van der Waals surface area contributed by atoms with Crippen LogP contribution in [0.1, 0.15) is 77.5 Å². The van der Waals surface area contributed by atoms with Gasteiger partial charge in [-0.15, -0.1) is 0 Å². The first kappa shape index (κ1) is 34.8. The molecule has 2 heterocycles. The molecular weight excluding hydrogens is 709 g/mol. The molecule has 0 radical (unpaired) electrons. The van der Waals surface area contributed by atoms with Crippen molar-refractivity contribution < 1.29 is 38.2 Å². The van der Waals surface area contributed by atoms with Gasteiger partial charge in [0.15, 0.2) is 11.6 Å². The number of aryl methyl sites for hydroxylation is 4. The Bertz CT molecular complexity index is 2640. The molecule has 0 saturated carbocycles. The van der Waals surface area contributed by atoms with E-state index in [1.54, 1.807) is 76.2 Å². The van der Waals surface area contributed by atoms with Crippen LogP contribution in [0.3, 0.4) is 0 Å².